The van der Waals surface area contributed by atoms with Crippen LogP contribution < -0.4 is 0 Å². The van der Waals surface area contributed by atoms with E-state index in [-0.39, 0.29) is 12.0 Å². The van der Waals surface area contributed by atoms with E-state index in [0.717, 1.165) is 32.6 Å². The zero-order valence-electron chi connectivity index (χ0n) is 19.1. The topological polar surface area (TPSA) is 42.0 Å². The molecule has 0 aromatic heterocycles. The van der Waals surface area contributed by atoms with Crippen LogP contribution in [0.25, 0.3) is 10.8 Å². The zero-order chi connectivity index (χ0) is 21.8. The van der Waals surface area contributed by atoms with Crippen molar-refractivity contribution in [1.29, 1.82) is 0 Å². The number of fused-ring (bicyclic) bond motifs is 1. The molecule has 0 spiro atoms. The van der Waals surface area contributed by atoms with Crippen molar-refractivity contribution in [2.45, 2.75) is 39.7 Å². The van der Waals surface area contributed by atoms with Crippen LogP contribution in [0.3, 0.4) is 0 Å². The Morgan fingerprint density at radius 1 is 1.00 bits per heavy atom. The van der Waals surface area contributed by atoms with Crippen LogP contribution in [-0.2, 0) is 20.7 Å². The molecule has 2 aromatic carbocycles. The molecule has 0 saturated heterocycles. The molecule has 0 fully saturated rings. The van der Waals surface area contributed by atoms with Crippen molar-refractivity contribution in [3.63, 3.8) is 0 Å². The lowest BCUT2D eigenvalue weighted by Crippen LogP contribution is -2.42. The second kappa shape index (κ2) is 13.4. The Labute approximate surface area is 181 Å². The second-order valence-corrected chi connectivity index (χ2v) is 7.66. The van der Waals surface area contributed by atoms with Crippen LogP contribution >= 0.6 is 0 Å². The van der Waals surface area contributed by atoms with E-state index in [0.29, 0.717) is 26.2 Å². The fraction of sp³-hybridized carbons (Fsp3) is 0.560. The van der Waals surface area contributed by atoms with Crippen LogP contribution in [0.4, 0.5) is 0 Å². The summed E-state index contributed by atoms with van der Waals surface area (Å²) in [6.45, 7) is 11.6. The number of amides is 1. The molecule has 1 amide bonds. The van der Waals surface area contributed by atoms with E-state index >= 15 is 0 Å². The van der Waals surface area contributed by atoms with Gasteiger partial charge in [-0.1, -0.05) is 56.3 Å². The number of benzene rings is 2. The van der Waals surface area contributed by atoms with Crippen molar-refractivity contribution in [1.82, 2.24) is 9.80 Å². The summed E-state index contributed by atoms with van der Waals surface area (Å²) in [6, 6.07) is 14.8. The largest absolute Gasteiger partial charge is 0.381 e. The van der Waals surface area contributed by atoms with Gasteiger partial charge in [0.25, 0.3) is 0 Å². The minimum absolute atomic E-state index is 0.0259. The van der Waals surface area contributed by atoms with Crippen LogP contribution in [0, 0.1) is 0 Å². The summed E-state index contributed by atoms with van der Waals surface area (Å²) < 4.78 is 11.2. The Balaban J connectivity index is 1.79. The summed E-state index contributed by atoms with van der Waals surface area (Å²) >= 11 is 0. The van der Waals surface area contributed by atoms with Crippen LogP contribution in [0.2, 0.25) is 0 Å². The molecule has 0 heterocycles. The molecule has 0 N–H and O–H groups in total. The maximum atomic E-state index is 12.8. The maximum absolute atomic E-state index is 12.8. The van der Waals surface area contributed by atoms with Crippen LogP contribution in [-0.4, -0.2) is 74.9 Å². The van der Waals surface area contributed by atoms with Gasteiger partial charge in [-0.3, -0.25) is 4.79 Å². The van der Waals surface area contributed by atoms with Crippen LogP contribution in [0.5, 0.6) is 0 Å². The second-order valence-electron chi connectivity index (χ2n) is 7.66. The summed E-state index contributed by atoms with van der Waals surface area (Å²) in [5.74, 6) is 0.135. The van der Waals surface area contributed by atoms with Crippen LogP contribution in [0.1, 0.15) is 32.8 Å². The van der Waals surface area contributed by atoms with Gasteiger partial charge in [-0.15, -0.1) is 0 Å². The van der Waals surface area contributed by atoms with Crippen molar-refractivity contribution in [2.75, 3.05) is 53.0 Å². The van der Waals surface area contributed by atoms with Gasteiger partial charge in [0.05, 0.1) is 25.7 Å². The van der Waals surface area contributed by atoms with E-state index in [1.807, 2.05) is 11.8 Å². The first-order chi connectivity index (χ1) is 14.6. The standard InChI is InChI=1S/C25H38N2O3/c1-5-26(6-2)16-17-27(20-21(3)29-4)25(28)15-19-30-18-14-23-12-9-11-22-10-7-8-13-24(22)23/h7-13,21H,5-6,14-20H2,1-4H3. The van der Waals surface area contributed by atoms with E-state index < -0.39 is 0 Å². The molecule has 0 saturated carbocycles. The number of methoxy groups -OCH3 is 1. The Hall–Kier alpha value is -1.95. The fourth-order valence-corrected chi connectivity index (χ4v) is 3.62. The summed E-state index contributed by atoms with van der Waals surface area (Å²) in [4.78, 5) is 17.0. The maximum Gasteiger partial charge on any atom is 0.225 e. The molecule has 1 unspecified atom stereocenters. The molecule has 2 aromatic rings. The third-order valence-corrected chi connectivity index (χ3v) is 5.67. The van der Waals surface area contributed by atoms with Crippen molar-refractivity contribution in [3.05, 3.63) is 48.0 Å². The molecule has 0 radical (unpaired) electrons. The van der Waals surface area contributed by atoms with Crippen molar-refractivity contribution in [3.8, 4) is 0 Å². The first-order valence-corrected chi connectivity index (χ1v) is 11.2. The molecular formula is C25H38N2O3. The summed E-state index contributed by atoms with van der Waals surface area (Å²) in [7, 11) is 1.69. The molecule has 0 bridgehead atoms. The van der Waals surface area contributed by atoms with Crippen molar-refractivity contribution >= 4 is 16.7 Å². The fourth-order valence-electron chi connectivity index (χ4n) is 3.62. The average molecular weight is 415 g/mol. The smallest absolute Gasteiger partial charge is 0.225 e. The molecule has 5 heteroatoms. The highest BCUT2D eigenvalue weighted by Crippen LogP contribution is 2.18. The molecule has 5 nitrogen and oxygen atoms in total. The third-order valence-electron chi connectivity index (χ3n) is 5.67. The SMILES string of the molecule is CCN(CC)CCN(CC(C)OC)C(=O)CCOCCc1cccc2ccccc12. The van der Waals surface area contributed by atoms with E-state index in [4.69, 9.17) is 9.47 Å². The Morgan fingerprint density at radius 3 is 2.47 bits per heavy atom. The molecule has 0 aliphatic heterocycles. The van der Waals surface area contributed by atoms with Crippen LogP contribution in [0.15, 0.2) is 42.5 Å². The highest BCUT2D eigenvalue weighted by atomic mass is 16.5. The zero-order valence-corrected chi connectivity index (χ0v) is 19.1. The number of likely N-dealkylation sites (N-methyl/N-ethyl adjacent to an activating group) is 1. The van der Waals surface area contributed by atoms with E-state index in [1.165, 1.54) is 16.3 Å². The predicted octanol–water partition coefficient (Wildman–Crippen LogP) is 3.99. The van der Waals surface area contributed by atoms with Gasteiger partial charge in [0, 0.05) is 26.7 Å². The Morgan fingerprint density at radius 2 is 1.73 bits per heavy atom. The number of hydrogen-bond donors (Lipinski definition) is 0. The van der Waals surface area contributed by atoms with Gasteiger partial charge in [-0.05, 0) is 42.8 Å². The van der Waals surface area contributed by atoms with Gasteiger partial charge in [0.15, 0.2) is 0 Å². The highest BCUT2D eigenvalue weighted by Gasteiger charge is 2.17. The summed E-state index contributed by atoms with van der Waals surface area (Å²) in [5.41, 5.74) is 1.29. The number of hydrogen-bond acceptors (Lipinski definition) is 4. The molecule has 166 valence electrons. The average Bonchev–Trinajstić information content (AvgIpc) is 2.78. The highest BCUT2D eigenvalue weighted by molar-refractivity contribution is 5.85. The van der Waals surface area contributed by atoms with E-state index in [1.54, 1.807) is 7.11 Å². The quantitative estimate of drug-likeness (QED) is 0.438. The van der Waals surface area contributed by atoms with Gasteiger partial charge in [-0.2, -0.15) is 0 Å². The minimum atomic E-state index is 0.0259. The number of carbonyl (C=O) groups is 1. The Bertz CT molecular complexity index is 756. The third kappa shape index (κ3) is 7.71. The van der Waals surface area contributed by atoms with Crippen molar-refractivity contribution in [2.24, 2.45) is 0 Å². The van der Waals surface area contributed by atoms with Crippen molar-refractivity contribution < 1.29 is 14.3 Å². The van der Waals surface area contributed by atoms with E-state index in [2.05, 4.69) is 61.2 Å². The minimum Gasteiger partial charge on any atom is -0.381 e. The number of carbonyl (C=O) groups excluding carboxylic acids is 1. The first kappa shape index (κ1) is 24.3. The Kier molecular flexibility index (Phi) is 10.8. The van der Waals surface area contributed by atoms with Gasteiger partial charge < -0.3 is 19.3 Å². The summed E-state index contributed by atoms with van der Waals surface area (Å²) in [5, 5.41) is 2.53. The summed E-state index contributed by atoms with van der Waals surface area (Å²) in [6.07, 6.45) is 1.28. The predicted molar refractivity (Wildman–Crippen MR) is 124 cm³/mol. The molecule has 2 rings (SSSR count). The molecule has 1 atom stereocenters. The lowest BCUT2D eigenvalue weighted by molar-refractivity contribution is -0.134. The number of nitrogens with zero attached hydrogens (tertiary/aromatic N) is 2. The van der Waals surface area contributed by atoms with Gasteiger partial charge in [0.1, 0.15) is 0 Å². The van der Waals surface area contributed by atoms with Gasteiger partial charge in [0.2, 0.25) is 5.91 Å². The first-order valence-electron chi connectivity index (χ1n) is 11.2. The van der Waals surface area contributed by atoms with Gasteiger partial charge >= 0.3 is 0 Å². The van der Waals surface area contributed by atoms with Gasteiger partial charge in [-0.25, -0.2) is 0 Å². The molecule has 0 aliphatic rings. The van der Waals surface area contributed by atoms with E-state index in [9.17, 15) is 4.79 Å². The molecular weight excluding hydrogens is 376 g/mol. The normalized spacial score (nSPS) is 12.4. The molecule has 0 aliphatic carbocycles. The lowest BCUT2D eigenvalue weighted by Gasteiger charge is -2.28. The lowest BCUT2D eigenvalue weighted by atomic mass is 10.0. The number of rotatable bonds is 14. The molecule has 30 heavy (non-hydrogen) atoms. The monoisotopic (exact) mass is 414 g/mol. The number of ether oxygens (including phenoxy) is 2.